The number of hydrogen-bond donors (Lipinski definition) is 2. The molecule has 0 aromatic carbocycles. The molecule has 5 heteroatoms. The predicted octanol–water partition coefficient (Wildman–Crippen LogP) is 1.50. The lowest BCUT2D eigenvalue weighted by atomic mass is 10.1. The van der Waals surface area contributed by atoms with Crippen LogP contribution in [0.2, 0.25) is 0 Å². The number of fused-ring (bicyclic) bond motifs is 1. The van der Waals surface area contributed by atoms with Crippen LogP contribution in [-0.2, 0) is 13.0 Å². The molecule has 0 aliphatic carbocycles. The van der Waals surface area contributed by atoms with Crippen LogP contribution in [0.5, 0.6) is 0 Å². The summed E-state index contributed by atoms with van der Waals surface area (Å²) in [5.74, 6) is 0.865. The molecule has 3 heterocycles. The zero-order valence-electron chi connectivity index (χ0n) is 10.2. The van der Waals surface area contributed by atoms with Gasteiger partial charge in [-0.3, -0.25) is 4.68 Å². The molecular weight excluding hydrogens is 214 g/mol. The molecule has 0 radical (unpaired) electrons. The van der Waals surface area contributed by atoms with Gasteiger partial charge >= 0.3 is 0 Å². The lowest BCUT2D eigenvalue weighted by Crippen LogP contribution is -2.25. The fraction of sp³-hybridized carbons (Fsp3) is 0.500. The molecule has 0 amide bonds. The third kappa shape index (κ3) is 1.67. The van der Waals surface area contributed by atoms with E-state index in [1.165, 1.54) is 11.3 Å². The molecule has 5 nitrogen and oxygen atoms in total. The van der Waals surface area contributed by atoms with Crippen molar-refractivity contribution in [3.05, 3.63) is 23.7 Å². The molecular formula is C12H17N5. The Hall–Kier alpha value is -1.62. The highest BCUT2D eigenvalue weighted by Gasteiger charge is 2.23. The summed E-state index contributed by atoms with van der Waals surface area (Å²) in [6.45, 7) is 6.25. The summed E-state index contributed by atoms with van der Waals surface area (Å²) in [6, 6.07) is 0.394. The summed E-state index contributed by atoms with van der Waals surface area (Å²) in [7, 11) is 0. The Kier molecular flexibility index (Phi) is 2.48. The molecule has 0 spiro atoms. The number of H-pyrrole nitrogens is 1. The Morgan fingerprint density at radius 1 is 1.41 bits per heavy atom. The van der Waals surface area contributed by atoms with Gasteiger partial charge in [0.25, 0.3) is 0 Å². The van der Waals surface area contributed by atoms with Gasteiger partial charge in [0, 0.05) is 49.2 Å². The minimum Gasteiger partial charge on any atom is -0.343 e. The number of imidazole rings is 1. The van der Waals surface area contributed by atoms with Crippen molar-refractivity contribution in [3.8, 4) is 11.5 Å². The minimum absolute atomic E-state index is 0.394. The SMILES string of the molecule is CC(C)n1nc(-c2ncc[nH]2)c2c1CCNC2. The van der Waals surface area contributed by atoms with Crippen LogP contribution in [0.25, 0.3) is 11.5 Å². The first kappa shape index (κ1) is 10.5. The van der Waals surface area contributed by atoms with Gasteiger partial charge in [-0.25, -0.2) is 4.98 Å². The van der Waals surface area contributed by atoms with Crippen LogP contribution in [0.1, 0.15) is 31.1 Å². The Morgan fingerprint density at radius 2 is 2.29 bits per heavy atom. The highest BCUT2D eigenvalue weighted by atomic mass is 15.3. The zero-order chi connectivity index (χ0) is 11.8. The molecule has 1 aliphatic heterocycles. The smallest absolute Gasteiger partial charge is 0.158 e. The monoisotopic (exact) mass is 231 g/mol. The second-order valence-corrected chi connectivity index (χ2v) is 4.68. The second kappa shape index (κ2) is 4.00. The first-order valence-corrected chi connectivity index (χ1v) is 6.08. The molecule has 0 unspecified atom stereocenters. The molecule has 17 heavy (non-hydrogen) atoms. The third-order valence-electron chi connectivity index (χ3n) is 3.17. The van der Waals surface area contributed by atoms with E-state index in [4.69, 9.17) is 5.10 Å². The van der Waals surface area contributed by atoms with Gasteiger partial charge in [0.2, 0.25) is 0 Å². The number of aromatic nitrogens is 4. The average Bonchev–Trinajstić information content (AvgIpc) is 2.95. The predicted molar refractivity (Wildman–Crippen MR) is 65.6 cm³/mol. The maximum atomic E-state index is 4.72. The molecule has 90 valence electrons. The van der Waals surface area contributed by atoms with Crippen molar-refractivity contribution in [3.63, 3.8) is 0 Å². The number of rotatable bonds is 2. The molecule has 2 N–H and O–H groups in total. The van der Waals surface area contributed by atoms with E-state index in [0.29, 0.717) is 6.04 Å². The van der Waals surface area contributed by atoms with Gasteiger partial charge in [0.15, 0.2) is 5.82 Å². The van der Waals surface area contributed by atoms with Crippen molar-refractivity contribution >= 4 is 0 Å². The van der Waals surface area contributed by atoms with Gasteiger partial charge in [-0.1, -0.05) is 0 Å². The summed E-state index contributed by atoms with van der Waals surface area (Å²) in [4.78, 5) is 7.45. The Morgan fingerprint density at radius 3 is 3.00 bits per heavy atom. The Balaban J connectivity index is 2.16. The largest absolute Gasteiger partial charge is 0.343 e. The molecule has 0 saturated heterocycles. The molecule has 0 atom stereocenters. The van der Waals surface area contributed by atoms with E-state index in [1.54, 1.807) is 6.20 Å². The maximum Gasteiger partial charge on any atom is 0.158 e. The van der Waals surface area contributed by atoms with Crippen molar-refractivity contribution in [1.82, 2.24) is 25.1 Å². The third-order valence-corrected chi connectivity index (χ3v) is 3.17. The summed E-state index contributed by atoms with van der Waals surface area (Å²) in [5.41, 5.74) is 3.64. The van der Waals surface area contributed by atoms with E-state index >= 15 is 0 Å². The topological polar surface area (TPSA) is 58.5 Å². The normalized spacial score (nSPS) is 15.2. The van der Waals surface area contributed by atoms with E-state index in [9.17, 15) is 0 Å². The van der Waals surface area contributed by atoms with Gasteiger partial charge < -0.3 is 10.3 Å². The number of aromatic amines is 1. The molecule has 3 rings (SSSR count). The van der Waals surface area contributed by atoms with Crippen molar-refractivity contribution in [2.45, 2.75) is 32.9 Å². The van der Waals surface area contributed by atoms with E-state index < -0.39 is 0 Å². The molecule has 2 aromatic heterocycles. The lowest BCUT2D eigenvalue weighted by Gasteiger charge is -2.17. The first-order valence-electron chi connectivity index (χ1n) is 6.08. The van der Waals surface area contributed by atoms with Gasteiger partial charge in [-0.05, 0) is 13.8 Å². The van der Waals surface area contributed by atoms with Gasteiger partial charge in [0.1, 0.15) is 5.69 Å². The van der Waals surface area contributed by atoms with Crippen molar-refractivity contribution < 1.29 is 0 Å². The lowest BCUT2D eigenvalue weighted by molar-refractivity contribution is 0.494. The Labute approximate surface area is 100 Å². The van der Waals surface area contributed by atoms with Crippen molar-refractivity contribution in [2.75, 3.05) is 6.54 Å². The molecule has 2 aromatic rings. The average molecular weight is 231 g/mol. The standard InChI is InChI=1S/C12H17N5/c1-8(2)17-10-3-4-13-7-9(10)11(16-17)12-14-5-6-15-12/h5-6,8,13H,3-4,7H2,1-2H3,(H,14,15). The highest BCUT2D eigenvalue weighted by molar-refractivity contribution is 5.57. The van der Waals surface area contributed by atoms with Crippen LogP contribution < -0.4 is 5.32 Å². The fourth-order valence-electron chi connectivity index (χ4n) is 2.39. The molecule has 0 fully saturated rings. The van der Waals surface area contributed by atoms with Gasteiger partial charge in [-0.15, -0.1) is 0 Å². The maximum absolute atomic E-state index is 4.72. The van der Waals surface area contributed by atoms with Crippen LogP contribution >= 0.6 is 0 Å². The van der Waals surface area contributed by atoms with Crippen molar-refractivity contribution in [1.29, 1.82) is 0 Å². The van der Waals surface area contributed by atoms with E-state index in [-0.39, 0.29) is 0 Å². The summed E-state index contributed by atoms with van der Waals surface area (Å²) < 4.78 is 2.13. The molecule has 0 saturated carbocycles. The summed E-state index contributed by atoms with van der Waals surface area (Å²) in [5, 5.41) is 8.12. The Bertz CT molecular complexity index is 509. The van der Waals surface area contributed by atoms with Crippen molar-refractivity contribution in [2.24, 2.45) is 0 Å². The summed E-state index contributed by atoms with van der Waals surface area (Å²) >= 11 is 0. The number of nitrogens with one attached hydrogen (secondary N) is 2. The molecule has 0 bridgehead atoms. The van der Waals surface area contributed by atoms with Crippen LogP contribution in [-0.4, -0.2) is 26.3 Å². The van der Waals surface area contributed by atoms with E-state index in [1.807, 2.05) is 6.20 Å². The zero-order valence-corrected chi connectivity index (χ0v) is 10.2. The second-order valence-electron chi connectivity index (χ2n) is 4.68. The van der Waals surface area contributed by atoms with Crippen LogP contribution in [0.4, 0.5) is 0 Å². The van der Waals surface area contributed by atoms with E-state index in [0.717, 1.165) is 31.0 Å². The quantitative estimate of drug-likeness (QED) is 0.823. The van der Waals surface area contributed by atoms with Gasteiger partial charge in [0.05, 0.1) is 0 Å². The fourth-order valence-corrected chi connectivity index (χ4v) is 2.39. The van der Waals surface area contributed by atoms with E-state index in [2.05, 4.69) is 33.8 Å². The van der Waals surface area contributed by atoms with Crippen LogP contribution in [0, 0.1) is 0 Å². The van der Waals surface area contributed by atoms with Crippen LogP contribution in [0.3, 0.4) is 0 Å². The van der Waals surface area contributed by atoms with Crippen LogP contribution in [0.15, 0.2) is 12.4 Å². The number of nitrogens with zero attached hydrogens (tertiary/aromatic N) is 3. The minimum atomic E-state index is 0.394. The highest BCUT2D eigenvalue weighted by Crippen LogP contribution is 2.27. The first-order chi connectivity index (χ1) is 8.27. The molecule has 1 aliphatic rings. The van der Waals surface area contributed by atoms with Gasteiger partial charge in [-0.2, -0.15) is 5.10 Å². The number of hydrogen-bond acceptors (Lipinski definition) is 3. The summed E-state index contributed by atoms with van der Waals surface area (Å²) in [6.07, 6.45) is 4.65.